The Kier molecular flexibility index (Phi) is 7.50. The van der Waals surface area contributed by atoms with Crippen molar-refractivity contribution in [3.05, 3.63) is 0 Å². The van der Waals surface area contributed by atoms with Crippen molar-refractivity contribution in [3.8, 4) is 0 Å². The topological polar surface area (TPSA) is 93.9 Å². The van der Waals surface area contributed by atoms with E-state index in [-0.39, 0.29) is 53.9 Å². The summed E-state index contributed by atoms with van der Waals surface area (Å²) in [4.78, 5) is 16.1. The van der Waals surface area contributed by atoms with Gasteiger partial charge >= 0.3 is 0 Å². The first-order chi connectivity index (χ1) is 16.0. The first-order valence-electron chi connectivity index (χ1n) is 13.1. The molecular weight excluding hydrogens is 445 g/mol. The van der Waals surface area contributed by atoms with Crippen LogP contribution in [0, 0.1) is 29.6 Å². The minimum Gasteiger partial charge on any atom is -0.393 e. The lowest BCUT2D eigenvalue weighted by Gasteiger charge is -2.55. The van der Waals surface area contributed by atoms with E-state index in [0.717, 1.165) is 32.4 Å². The number of carbonyl (C=O) groups excluding carboxylic acids is 1. The minimum atomic E-state index is -1.01. The van der Waals surface area contributed by atoms with Crippen molar-refractivity contribution in [2.75, 3.05) is 39.4 Å². The Morgan fingerprint density at radius 1 is 1.03 bits per heavy atom. The summed E-state index contributed by atoms with van der Waals surface area (Å²) in [5, 5.41) is 17.4. The molecule has 0 aromatic heterocycles. The van der Waals surface area contributed by atoms with Crippen LogP contribution in [0.25, 0.3) is 0 Å². The molecule has 0 aromatic carbocycles. The fourth-order valence-electron chi connectivity index (χ4n) is 8.01. The van der Waals surface area contributed by atoms with Crippen LogP contribution >= 0.6 is 11.6 Å². The lowest BCUT2D eigenvalue weighted by Crippen LogP contribution is -2.71. The molecule has 2 aliphatic heterocycles. The zero-order valence-electron chi connectivity index (χ0n) is 19.5. The van der Waals surface area contributed by atoms with Gasteiger partial charge in [-0.2, -0.15) is 0 Å². The number of nitrogens with zero attached hydrogens (tertiary/aromatic N) is 2. The number of fused-ring (bicyclic) bond motifs is 2. The van der Waals surface area contributed by atoms with E-state index in [4.69, 9.17) is 17.3 Å². The lowest BCUT2D eigenvalue weighted by molar-refractivity contribution is -0.132. The number of carbonyl (C=O) groups is 1. The van der Waals surface area contributed by atoms with E-state index in [0.29, 0.717) is 38.0 Å². The monoisotopic (exact) mass is 485 g/mol. The average molecular weight is 486 g/mol. The maximum atomic E-state index is 16.3. The first kappa shape index (κ1) is 24.2. The van der Waals surface area contributed by atoms with Gasteiger partial charge in [0.1, 0.15) is 6.17 Å². The zero-order valence-corrected chi connectivity index (χ0v) is 20.3. The van der Waals surface area contributed by atoms with Crippen LogP contribution in [-0.4, -0.2) is 90.1 Å². The summed E-state index contributed by atoms with van der Waals surface area (Å²) in [5.41, 5.74) is 5.52. The van der Waals surface area contributed by atoms with Crippen LogP contribution in [0.5, 0.6) is 0 Å². The Balaban J connectivity index is 1.29. The average Bonchev–Trinajstić information content (AvgIpc) is 2.83. The summed E-state index contributed by atoms with van der Waals surface area (Å²) < 4.78 is 16.3. The first-order valence-corrected chi connectivity index (χ1v) is 13.6. The van der Waals surface area contributed by atoms with Gasteiger partial charge in [-0.3, -0.25) is 20.3 Å². The van der Waals surface area contributed by atoms with Gasteiger partial charge in [-0.05, 0) is 43.4 Å². The Morgan fingerprint density at radius 3 is 2.55 bits per heavy atom. The molecule has 3 aliphatic carbocycles. The summed E-state index contributed by atoms with van der Waals surface area (Å²) in [6.45, 7) is 3.47. The Morgan fingerprint density at radius 2 is 1.79 bits per heavy atom. The summed E-state index contributed by atoms with van der Waals surface area (Å²) >= 11 is 7.03. The number of nitrogens with one attached hydrogen (secondary N) is 2. The molecule has 0 bridgehead atoms. The van der Waals surface area contributed by atoms with Gasteiger partial charge in [-0.25, -0.2) is 4.39 Å². The molecule has 10 unspecified atom stereocenters. The van der Waals surface area contributed by atoms with Gasteiger partial charge in [-0.1, -0.05) is 19.3 Å². The lowest BCUT2D eigenvalue weighted by atomic mass is 9.57. The van der Waals surface area contributed by atoms with Crippen molar-refractivity contribution in [2.45, 2.75) is 74.8 Å². The van der Waals surface area contributed by atoms with E-state index >= 15 is 4.39 Å². The maximum Gasteiger partial charge on any atom is 0.236 e. The molecule has 0 radical (unpaired) electrons. The van der Waals surface area contributed by atoms with E-state index in [2.05, 4.69) is 15.5 Å². The number of aliphatic hydroxyl groups is 1. The van der Waals surface area contributed by atoms with Crippen molar-refractivity contribution in [1.82, 2.24) is 20.4 Å². The Labute approximate surface area is 201 Å². The predicted octanol–water partition coefficient (Wildman–Crippen LogP) is 1.09. The molecule has 2 saturated heterocycles. The summed E-state index contributed by atoms with van der Waals surface area (Å²) in [6, 6.07) is -0.221. The standard InChI is InChI=1S/C24H41ClFN5O2/c25-19-11-18-23(28-13-29-24(18)31-7-5-30(6-8-31)20(33)12-27)22(26)21(19)17-10-15(32)9-14-3-1-2-4-16(14)17/h14-19,21-24,28-29,32H,1-13,27H2. The largest absolute Gasteiger partial charge is 0.393 e. The number of piperazine rings is 1. The molecule has 5 rings (SSSR count). The van der Waals surface area contributed by atoms with Gasteiger partial charge in [-0.15, -0.1) is 11.6 Å². The van der Waals surface area contributed by atoms with Crippen molar-refractivity contribution >= 4 is 17.5 Å². The van der Waals surface area contributed by atoms with Crippen molar-refractivity contribution in [1.29, 1.82) is 0 Å². The van der Waals surface area contributed by atoms with Gasteiger partial charge in [0.25, 0.3) is 0 Å². The van der Waals surface area contributed by atoms with Crippen LogP contribution in [0.4, 0.5) is 4.39 Å². The SMILES string of the molecule is NCC(=O)N1CCN(C2NCNC3C(F)C(C4CC(O)CC5CCCCC54)C(Cl)CC32)CC1. The number of amides is 1. The maximum absolute atomic E-state index is 16.3. The number of hydrogen-bond acceptors (Lipinski definition) is 6. The number of hydrogen-bond donors (Lipinski definition) is 4. The molecule has 1 amide bonds. The van der Waals surface area contributed by atoms with E-state index in [1.54, 1.807) is 0 Å². The number of alkyl halides is 2. The highest BCUT2D eigenvalue weighted by molar-refractivity contribution is 6.21. The van der Waals surface area contributed by atoms with E-state index in [1.165, 1.54) is 19.3 Å². The van der Waals surface area contributed by atoms with Gasteiger partial charge in [0.2, 0.25) is 5.91 Å². The number of rotatable bonds is 3. The van der Waals surface area contributed by atoms with Crippen molar-refractivity contribution < 1.29 is 14.3 Å². The third-order valence-corrected chi connectivity index (χ3v) is 9.98. The van der Waals surface area contributed by atoms with E-state index in [9.17, 15) is 9.90 Å². The summed E-state index contributed by atoms with van der Waals surface area (Å²) in [5.74, 6) is 1.10. The molecule has 0 aromatic rings. The highest BCUT2D eigenvalue weighted by Gasteiger charge is 2.55. The van der Waals surface area contributed by atoms with Crippen LogP contribution in [0.15, 0.2) is 0 Å². The molecule has 3 saturated carbocycles. The van der Waals surface area contributed by atoms with Crippen molar-refractivity contribution in [2.24, 2.45) is 35.3 Å². The summed E-state index contributed by atoms with van der Waals surface area (Å²) in [6.07, 6.45) is 5.88. The minimum absolute atomic E-state index is 0.00774. The highest BCUT2D eigenvalue weighted by Crippen LogP contribution is 2.52. The zero-order chi connectivity index (χ0) is 23.1. The molecule has 188 valence electrons. The third-order valence-electron chi connectivity index (χ3n) is 9.51. The fourth-order valence-corrected chi connectivity index (χ4v) is 8.55. The quantitative estimate of drug-likeness (QED) is 0.447. The molecule has 7 nitrogen and oxygen atoms in total. The second-order valence-electron chi connectivity index (χ2n) is 11.1. The predicted molar refractivity (Wildman–Crippen MR) is 126 cm³/mol. The van der Waals surface area contributed by atoms with Crippen LogP contribution in [0.1, 0.15) is 44.9 Å². The third kappa shape index (κ3) is 4.68. The molecule has 5 aliphatic rings. The van der Waals surface area contributed by atoms with Crippen LogP contribution < -0.4 is 16.4 Å². The Hall–Kier alpha value is -0.510. The van der Waals surface area contributed by atoms with Gasteiger partial charge in [0, 0.05) is 56.1 Å². The van der Waals surface area contributed by atoms with Crippen LogP contribution in [0.3, 0.4) is 0 Å². The molecule has 2 heterocycles. The van der Waals surface area contributed by atoms with Gasteiger partial charge in [0.15, 0.2) is 0 Å². The van der Waals surface area contributed by atoms with E-state index in [1.807, 2.05) is 4.90 Å². The molecule has 9 heteroatoms. The molecule has 5 fully saturated rings. The fraction of sp³-hybridized carbons (Fsp3) is 0.958. The van der Waals surface area contributed by atoms with Crippen molar-refractivity contribution in [3.63, 3.8) is 0 Å². The molecule has 10 atom stereocenters. The van der Waals surface area contributed by atoms with Gasteiger partial charge < -0.3 is 15.7 Å². The number of nitrogens with two attached hydrogens (primary N) is 1. The van der Waals surface area contributed by atoms with Crippen LogP contribution in [0.2, 0.25) is 0 Å². The normalized spacial score (nSPS) is 47.0. The second kappa shape index (κ2) is 10.2. The molecule has 33 heavy (non-hydrogen) atoms. The van der Waals surface area contributed by atoms with Crippen LogP contribution in [-0.2, 0) is 4.79 Å². The molecule has 5 N–H and O–H groups in total. The Bertz CT molecular complexity index is 696. The number of halogens is 2. The van der Waals surface area contributed by atoms with Gasteiger partial charge in [0.05, 0.1) is 18.8 Å². The summed E-state index contributed by atoms with van der Waals surface area (Å²) in [7, 11) is 0. The smallest absolute Gasteiger partial charge is 0.236 e. The second-order valence-corrected chi connectivity index (χ2v) is 11.7. The highest BCUT2D eigenvalue weighted by atomic mass is 35.5. The molecule has 0 spiro atoms. The van der Waals surface area contributed by atoms with E-state index < -0.39 is 6.17 Å². The molecular formula is C24H41ClFN5O2. The number of aliphatic hydroxyl groups excluding tert-OH is 1.